The summed E-state index contributed by atoms with van der Waals surface area (Å²) in [6.45, 7) is 3.95. The van der Waals surface area contributed by atoms with Gasteiger partial charge in [-0.05, 0) is 62.7 Å². The Bertz CT molecular complexity index is 1200. The van der Waals surface area contributed by atoms with Crippen LogP contribution in [0, 0.1) is 0 Å². The van der Waals surface area contributed by atoms with Crippen LogP contribution in [0.25, 0.3) is 5.69 Å². The van der Waals surface area contributed by atoms with Gasteiger partial charge in [-0.1, -0.05) is 30.3 Å². The third-order valence-corrected chi connectivity index (χ3v) is 6.72. The van der Waals surface area contributed by atoms with Gasteiger partial charge in [0.25, 0.3) is 5.91 Å². The van der Waals surface area contributed by atoms with E-state index >= 15 is 0 Å². The summed E-state index contributed by atoms with van der Waals surface area (Å²) < 4.78 is 47.1. The molecule has 0 aliphatic carbocycles. The Morgan fingerprint density at radius 2 is 1.86 bits per heavy atom. The van der Waals surface area contributed by atoms with Gasteiger partial charge in [0, 0.05) is 31.3 Å². The predicted molar refractivity (Wildman–Crippen MR) is 135 cm³/mol. The van der Waals surface area contributed by atoms with Crippen LogP contribution < -0.4 is 15.4 Å². The lowest BCUT2D eigenvalue weighted by atomic mass is 9.89. The van der Waals surface area contributed by atoms with Crippen LogP contribution >= 0.6 is 0 Å². The fraction of sp³-hybridized carbons (Fsp3) is 0.407. The average molecular weight is 516 g/mol. The van der Waals surface area contributed by atoms with Crippen molar-refractivity contribution in [2.75, 3.05) is 40.3 Å². The van der Waals surface area contributed by atoms with Crippen molar-refractivity contribution in [1.82, 2.24) is 25.3 Å². The molecule has 1 fully saturated rings. The molecule has 7 nitrogen and oxygen atoms in total. The standard InChI is InChI=1S/C27H32F3N5O2/c1-31-12-15-34-13-10-19(11-14-34)20-7-5-8-22(16-20)35-23(17-25(33-35)27(28,29)30)26(36)32-18-21-6-3-4-9-24(21)37-2/h3-9,16-17,19,31H,10-15,18H2,1-2H3,(H,32,36). The molecule has 2 aromatic carbocycles. The van der Waals surface area contributed by atoms with Crippen molar-refractivity contribution in [3.8, 4) is 11.4 Å². The average Bonchev–Trinajstić information content (AvgIpc) is 3.38. The van der Waals surface area contributed by atoms with E-state index in [0.29, 0.717) is 22.9 Å². The first-order valence-electron chi connectivity index (χ1n) is 12.3. The zero-order chi connectivity index (χ0) is 26.4. The summed E-state index contributed by atoms with van der Waals surface area (Å²) in [4.78, 5) is 15.5. The topological polar surface area (TPSA) is 71.4 Å². The Balaban J connectivity index is 1.56. The molecule has 0 saturated carbocycles. The van der Waals surface area contributed by atoms with Crippen LogP contribution in [0.2, 0.25) is 0 Å². The zero-order valence-electron chi connectivity index (χ0n) is 21.0. The third-order valence-electron chi connectivity index (χ3n) is 6.72. The van der Waals surface area contributed by atoms with E-state index in [1.165, 1.54) is 7.11 Å². The van der Waals surface area contributed by atoms with E-state index in [9.17, 15) is 18.0 Å². The molecular weight excluding hydrogens is 483 g/mol. The number of ether oxygens (including phenoxy) is 1. The normalized spacial score (nSPS) is 15.1. The largest absolute Gasteiger partial charge is 0.496 e. The number of nitrogens with zero attached hydrogens (tertiary/aromatic N) is 3. The molecule has 2 N–H and O–H groups in total. The van der Waals surface area contributed by atoms with Gasteiger partial charge in [-0.15, -0.1) is 0 Å². The monoisotopic (exact) mass is 515 g/mol. The van der Waals surface area contributed by atoms with E-state index in [2.05, 4.69) is 20.6 Å². The fourth-order valence-corrected chi connectivity index (χ4v) is 4.66. The second-order valence-electron chi connectivity index (χ2n) is 9.13. The summed E-state index contributed by atoms with van der Waals surface area (Å²) >= 11 is 0. The highest BCUT2D eigenvalue weighted by Gasteiger charge is 2.36. The van der Waals surface area contributed by atoms with Gasteiger partial charge in [-0.25, -0.2) is 4.68 Å². The van der Waals surface area contributed by atoms with E-state index in [1.807, 2.05) is 25.2 Å². The third kappa shape index (κ3) is 6.50. The number of aromatic nitrogens is 2. The molecular formula is C27H32F3N5O2. The van der Waals surface area contributed by atoms with Crippen molar-refractivity contribution in [3.05, 3.63) is 77.1 Å². The van der Waals surface area contributed by atoms with E-state index in [0.717, 1.165) is 55.3 Å². The Labute approximate surface area is 214 Å². The van der Waals surface area contributed by atoms with Crippen molar-refractivity contribution in [3.63, 3.8) is 0 Å². The number of alkyl halides is 3. The quantitative estimate of drug-likeness (QED) is 0.447. The molecule has 1 amide bonds. The lowest BCUT2D eigenvalue weighted by Crippen LogP contribution is -2.37. The van der Waals surface area contributed by atoms with Crippen LogP contribution in [0.3, 0.4) is 0 Å². The van der Waals surface area contributed by atoms with Gasteiger partial charge in [-0.3, -0.25) is 4.79 Å². The molecule has 0 atom stereocenters. The first kappa shape index (κ1) is 26.7. The number of nitrogens with one attached hydrogen (secondary N) is 2. The highest BCUT2D eigenvalue weighted by atomic mass is 19.4. The number of piperidine rings is 1. The summed E-state index contributed by atoms with van der Waals surface area (Å²) in [5.41, 5.74) is 0.881. The minimum Gasteiger partial charge on any atom is -0.496 e. The van der Waals surface area contributed by atoms with Gasteiger partial charge < -0.3 is 20.3 Å². The first-order chi connectivity index (χ1) is 17.8. The van der Waals surface area contributed by atoms with Gasteiger partial charge in [0.2, 0.25) is 0 Å². The molecule has 0 unspecified atom stereocenters. The molecule has 1 aliphatic rings. The smallest absolute Gasteiger partial charge is 0.435 e. The molecule has 0 bridgehead atoms. The van der Waals surface area contributed by atoms with E-state index in [-0.39, 0.29) is 12.2 Å². The predicted octanol–water partition coefficient (Wildman–Crippen LogP) is 4.23. The number of rotatable bonds is 9. The van der Waals surface area contributed by atoms with Crippen molar-refractivity contribution < 1.29 is 22.7 Å². The summed E-state index contributed by atoms with van der Waals surface area (Å²) in [6.07, 6.45) is -2.75. The number of likely N-dealkylation sites (N-methyl/N-ethyl adjacent to an activating group) is 1. The molecule has 2 heterocycles. The van der Waals surface area contributed by atoms with Crippen molar-refractivity contribution in [2.24, 2.45) is 0 Å². The van der Waals surface area contributed by atoms with Crippen LogP contribution in [-0.2, 0) is 12.7 Å². The van der Waals surface area contributed by atoms with Gasteiger partial charge in [-0.2, -0.15) is 18.3 Å². The van der Waals surface area contributed by atoms with Gasteiger partial charge >= 0.3 is 6.18 Å². The number of likely N-dealkylation sites (tertiary alicyclic amines) is 1. The second kappa shape index (κ2) is 11.8. The van der Waals surface area contributed by atoms with Crippen LogP contribution in [0.15, 0.2) is 54.6 Å². The maximum absolute atomic E-state index is 13.6. The molecule has 198 valence electrons. The number of hydrogen-bond acceptors (Lipinski definition) is 5. The number of para-hydroxylation sites is 1. The molecule has 4 rings (SSSR count). The lowest BCUT2D eigenvalue weighted by molar-refractivity contribution is -0.141. The van der Waals surface area contributed by atoms with Crippen molar-refractivity contribution in [1.29, 1.82) is 0 Å². The summed E-state index contributed by atoms with van der Waals surface area (Å²) in [6, 6.07) is 15.3. The number of amides is 1. The Kier molecular flexibility index (Phi) is 8.50. The van der Waals surface area contributed by atoms with Crippen LogP contribution in [0.4, 0.5) is 13.2 Å². The van der Waals surface area contributed by atoms with E-state index in [1.54, 1.807) is 30.3 Å². The summed E-state index contributed by atoms with van der Waals surface area (Å²) in [7, 11) is 3.45. The minimum absolute atomic E-state index is 0.0988. The Morgan fingerprint density at radius 3 is 2.57 bits per heavy atom. The Morgan fingerprint density at radius 1 is 1.11 bits per heavy atom. The number of hydrogen-bond donors (Lipinski definition) is 2. The van der Waals surface area contributed by atoms with Crippen molar-refractivity contribution >= 4 is 5.91 Å². The maximum atomic E-state index is 13.6. The molecule has 37 heavy (non-hydrogen) atoms. The highest BCUT2D eigenvalue weighted by molar-refractivity contribution is 5.93. The van der Waals surface area contributed by atoms with Gasteiger partial charge in [0.1, 0.15) is 11.4 Å². The molecule has 1 saturated heterocycles. The number of carbonyl (C=O) groups is 1. The van der Waals surface area contributed by atoms with E-state index < -0.39 is 17.8 Å². The molecule has 10 heteroatoms. The number of carbonyl (C=O) groups excluding carboxylic acids is 1. The summed E-state index contributed by atoms with van der Waals surface area (Å²) in [5.74, 6) is 0.223. The van der Waals surface area contributed by atoms with Crippen molar-refractivity contribution in [2.45, 2.75) is 31.5 Å². The minimum atomic E-state index is -4.68. The molecule has 3 aromatic rings. The van der Waals surface area contributed by atoms with E-state index in [4.69, 9.17) is 4.74 Å². The molecule has 1 aromatic heterocycles. The van der Waals surface area contributed by atoms with Crippen LogP contribution in [0.1, 0.15) is 46.1 Å². The second-order valence-corrected chi connectivity index (χ2v) is 9.13. The van der Waals surface area contributed by atoms with Crippen LogP contribution in [-0.4, -0.2) is 60.9 Å². The van der Waals surface area contributed by atoms with Crippen LogP contribution in [0.5, 0.6) is 5.75 Å². The SMILES string of the molecule is CNCCN1CCC(c2cccc(-n3nc(C(F)(F)F)cc3C(=O)NCc3ccccc3OC)c2)CC1. The number of benzene rings is 2. The first-order valence-corrected chi connectivity index (χ1v) is 12.3. The molecule has 0 radical (unpaired) electrons. The van der Waals surface area contributed by atoms with Gasteiger partial charge in [0.15, 0.2) is 5.69 Å². The maximum Gasteiger partial charge on any atom is 0.435 e. The highest BCUT2D eigenvalue weighted by Crippen LogP contribution is 2.32. The van der Waals surface area contributed by atoms with Gasteiger partial charge in [0.05, 0.1) is 12.8 Å². The lowest BCUT2D eigenvalue weighted by Gasteiger charge is -2.32. The molecule has 0 spiro atoms. The zero-order valence-corrected chi connectivity index (χ0v) is 21.0. The number of methoxy groups -OCH3 is 1. The summed E-state index contributed by atoms with van der Waals surface area (Å²) in [5, 5.41) is 9.66. The number of halogens is 3. The molecule has 1 aliphatic heterocycles. The fourth-order valence-electron chi connectivity index (χ4n) is 4.66. The Hall–Kier alpha value is -3.37.